The molecule has 0 amide bonds. The predicted molar refractivity (Wildman–Crippen MR) is 61.8 cm³/mol. The highest BCUT2D eigenvalue weighted by Crippen LogP contribution is 2.15. The summed E-state index contributed by atoms with van der Waals surface area (Å²) in [6.07, 6.45) is 2.76. The summed E-state index contributed by atoms with van der Waals surface area (Å²) in [7, 11) is 0. The third-order valence-electron chi connectivity index (χ3n) is 3.04. The van der Waals surface area contributed by atoms with Crippen LogP contribution in [0.3, 0.4) is 0 Å². The zero-order valence-electron chi connectivity index (χ0n) is 9.72. The van der Waals surface area contributed by atoms with Crippen LogP contribution in [0.15, 0.2) is 15.8 Å². The number of hydrogen-bond acceptors (Lipinski definition) is 4. The number of carbonyl (C=O) groups is 1. The molecule has 1 aliphatic heterocycles. The quantitative estimate of drug-likeness (QED) is 0.768. The molecular formula is C11H14N2O5. The van der Waals surface area contributed by atoms with E-state index in [-0.39, 0.29) is 5.92 Å². The Bertz CT molecular complexity index is 553. The third kappa shape index (κ3) is 2.67. The van der Waals surface area contributed by atoms with Gasteiger partial charge in [0.1, 0.15) is 5.56 Å². The Kier molecular flexibility index (Phi) is 3.61. The monoisotopic (exact) mass is 254 g/mol. The van der Waals surface area contributed by atoms with Crippen molar-refractivity contribution in [3.8, 4) is 0 Å². The van der Waals surface area contributed by atoms with Gasteiger partial charge in [0.2, 0.25) is 0 Å². The Morgan fingerprint density at radius 3 is 2.72 bits per heavy atom. The van der Waals surface area contributed by atoms with Crippen molar-refractivity contribution >= 4 is 5.97 Å². The Morgan fingerprint density at radius 2 is 2.11 bits per heavy atom. The van der Waals surface area contributed by atoms with E-state index in [4.69, 9.17) is 9.84 Å². The number of aromatic amines is 1. The van der Waals surface area contributed by atoms with Gasteiger partial charge >= 0.3 is 11.7 Å². The largest absolute Gasteiger partial charge is 0.477 e. The lowest BCUT2D eigenvalue weighted by Gasteiger charge is -2.22. The van der Waals surface area contributed by atoms with Crippen LogP contribution in [0.2, 0.25) is 0 Å². The van der Waals surface area contributed by atoms with E-state index >= 15 is 0 Å². The summed E-state index contributed by atoms with van der Waals surface area (Å²) in [6, 6.07) is 0. The number of ether oxygens (including phenoxy) is 1. The molecule has 0 radical (unpaired) electrons. The number of aromatic carboxylic acids is 1. The van der Waals surface area contributed by atoms with Gasteiger partial charge in [-0.1, -0.05) is 0 Å². The number of hydrogen-bond donors (Lipinski definition) is 2. The summed E-state index contributed by atoms with van der Waals surface area (Å²) in [6.45, 7) is 1.70. The molecule has 0 aliphatic carbocycles. The van der Waals surface area contributed by atoms with Crippen molar-refractivity contribution in [2.75, 3.05) is 13.2 Å². The van der Waals surface area contributed by atoms with E-state index in [1.54, 1.807) is 0 Å². The van der Waals surface area contributed by atoms with Crippen LogP contribution >= 0.6 is 0 Å². The third-order valence-corrected chi connectivity index (χ3v) is 3.04. The molecule has 1 aliphatic rings. The molecule has 1 aromatic heterocycles. The predicted octanol–water partition coefficient (Wildman–Crippen LogP) is -0.339. The molecule has 2 rings (SSSR count). The summed E-state index contributed by atoms with van der Waals surface area (Å²) in [5, 5.41) is 8.83. The second kappa shape index (κ2) is 5.18. The molecule has 1 saturated heterocycles. The number of nitrogens with zero attached hydrogens (tertiary/aromatic N) is 1. The van der Waals surface area contributed by atoms with Crippen molar-refractivity contribution in [3.05, 3.63) is 32.6 Å². The highest BCUT2D eigenvalue weighted by molar-refractivity contribution is 5.86. The van der Waals surface area contributed by atoms with Crippen LogP contribution in [-0.2, 0) is 11.3 Å². The zero-order chi connectivity index (χ0) is 13.1. The van der Waals surface area contributed by atoms with E-state index in [1.165, 1.54) is 4.57 Å². The van der Waals surface area contributed by atoms with E-state index < -0.39 is 22.8 Å². The first kappa shape index (κ1) is 12.6. The minimum Gasteiger partial charge on any atom is -0.477 e. The molecule has 1 aromatic rings. The minimum absolute atomic E-state index is 0.268. The lowest BCUT2D eigenvalue weighted by Crippen LogP contribution is -2.35. The first-order valence-corrected chi connectivity index (χ1v) is 5.72. The maximum atomic E-state index is 11.6. The van der Waals surface area contributed by atoms with Gasteiger partial charge in [-0.3, -0.25) is 14.3 Å². The van der Waals surface area contributed by atoms with Crippen LogP contribution in [0.4, 0.5) is 0 Å². The van der Waals surface area contributed by atoms with E-state index in [2.05, 4.69) is 0 Å². The lowest BCUT2D eigenvalue weighted by molar-refractivity contribution is 0.0604. The number of rotatable bonds is 3. The highest BCUT2D eigenvalue weighted by Gasteiger charge is 2.17. The van der Waals surface area contributed by atoms with Gasteiger partial charge in [-0.2, -0.15) is 0 Å². The number of carboxylic acids is 1. The molecule has 98 valence electrons. The molecule has 0 bridgehead atoms. The average molecular weight is 254 g/mol. The van der Waals surface area contributed by atoms with Gasteiger partial charge in [-0.15, -0.1) is 0 Å². The molecule has 0 spiro atoms. The van der Waals surface area contributed by atoms with Gasteiger partial charge < -0.3 is 9.84 Å². The highest BCUT2D eigenvalue weighted by atomic mass is 16.5. The van der Waals surface area contributed by atoms with Crippen LogP contribution < -0.4 is 11.2 Å². The summed E-state index contributed by atoms with van der Waals surface area (Å²) in [4.78, 5) is 35.7. The first-order valence-electron chi connectivity index (χ1n) is 5.72. The van der Waals surface area contributed by atoms with E-state index in [1.807, 2.05) is 4.98 Å². The fourth-order valence-corrected chi connectivity index (χ4v) is 2.00. The van der Waals surface area contributed by atoms with Gasteiger partial charge in [-0.25, -0.2) is 9.59 Å². The smallest absolute Gasteiger partial charge is 0.342 e. The fourth-order valence-electron chi connectivity index (χ4n) is 2.00. The molecule has 2 N–H and O–H groups in total. The standard InChI is InChI=1S/C11H14N2O5/c14-9-8(10(15)16)6-13(11(17)12-9)5-7-1-3-18-4-2-7/h6-7H,1-5H2,(H,15,16)(H,12,14,17). The molecule has 0 atom stereocenters. The molecule has 18 heavy (non-hydrogen) atoms. The molecular weight excluding hydrogens is 240 g/mol. The van der Waals surface area contributed by atoms with Crippen molar-refractivity contribution in [3.63, 3.8) is 0 Å². The summed E-state index contributed by atoms with van der Waals surface area (Å²) >= 11 is 0. The minimum atomic E-state index is -1.34. The van der Waals surface area contributed by atoms with E-state index in [9.17, 15) is 14.4 Å². The molecule has 0 unspecified atom stereocenters. The molecule has 2 heterocycles. The number of aromatic nitrogens is 2. The van der Waals surface area contributed by atoms with E-state index in [0.29, 0.717) is 19.8 Å². The lowest BCUT2D eigenvalue weighted by atomic mass is 10.0. The Balaban J connectivity index is 2.26. The maximum Gasteiger partial charge on any atom is 0.342 e. The molecule has 7 nitrogen and oxygen atoms in total. The average Bonchev–Trinajstić information content (AvgIpc) is 2.33. The Morgan fingerprint density at radius 1 is 1.44 bits per heavy atom. The van der Waals surface area contributed by atoms with Crippen molar-refractivity contribution < 1.29 is 14.6 Å². The SMILES string of the molecule is O=C(O)c1cn(CC2CCOCC2)c(=O)[nH]c1=O. The molecule has 0 saturated carbocycles. The van der Waals surface area contributed by atoms with Crippen molar-refractivity contribution in [2.24, 2.45) is 5.92 Å². The zero-order valence-corrected chi connectivity index (χ0v) is 9.72. The molecule has 7 heteroatoms. The van der Waals surface area contributed by atoms with Gasteiger partial charge in [0.05, 0.1) is 0 Å². The fraction of sp³-hybridized carbons (Fsp3) is 0.545. The molecule has 0 aromatic carbocycles. The van der Waals surface area contributed by atoms with Gasteiger partial charge in [-0.05, 0) is 18.8 Å². The number of nitrogens with one attached hydrogen (secondary N) is 1. The number of carboxylic acid groups (broad SMARTS) is 1. The van der Waals surface area contributed by atoms with E-state index in [0.717, 1.165) is 19.0 Å². The number of H-pyrrole nitrogens is 1. The second-order valence-corrected chi connectivity index (χ2v) is 4.32. The van der Waals surface area contributed by atoms with Crippen molar-refractivity contribution in [1.29, 1.82) is 0 Å². The first-order chi connectivity index (χ1) is 8.58. The van der Waals surface area contributed by atoms with Crippen molar-refractivity contribution in [2.45, 2.75) is 19.4 Å². The molecule has 1 fully saturated rings. The Labute approximate surface area is 102 Å². The van der Waals surface area contributed by atoms with Crippen LogP contribution in [0.5, 0.6) is 0 Å². The van der Waals surface area contributed by atoms with Gasteiger partial charge in [0, 0.05) is 26.0 Å². The maximum absolute atomic E-state index is 11.6. The second-order valence-electron chi connectivity index (χ2n) is 4.32. The van der Waals surface area contributed by atoms with Crippen LogP contribution in [0, 0.1) is 5.92 Å². The van der Waals surface area contributed by atoms with Crippen LogP contribution in [0.25, 0.3) is 0 Å². The van der Waals surface area contributed by atoms with Crippen molar-refractivity contribution in [1.82, 2.24) is 9.55 Å². The van der Waals surface area contributed by atoms with Crippen LogP contribution in [0.1, 0.15) is 23.2 Å². The van der Waals surface area contributed by atoms with Gasteiger partial charge in [0.15, 0.2) is 0 Å². The summed E-state index contributed by atoms with van der Waals surface area (Å²) in [5.41, 5.74) is -1.85. The van der Waals surface area contributed by atoms with Gasteiger partial charge in [0.25, 0.3) is 5.56 Å². The topological polar surface area (TPSA) is 101 Å². The normalized spacial score (nSPS) is 16.7. The van der Waals surface area contributed by atoms with Crippen LogP contribution in [-0.4, -0.2) is 33.8 Å². The summed E-state index contributed by atoms with van der Waals surface area (Å²) < 4.78 is 6.46. The Hall–Kier alpha value is -1.89. The summed E-state index contributed by atoms with van der Waals surface area (Å²) in [5.74, 6) is -1.07.